The molecule has 0 bridgehead atoms. The second-order valence-electron chi connectivity index (χ2n) is 9.82. The van der Waals surface area contributed by atoms with Crippen molar-refractivity contribution >= 4 is 0 Å². The SMILES string of the molecule is c1ccc(-c2ccccc2-c2ccc(-c3nc(-c4ccncc4)nc(-c4ccncc4)n3)cc2-c2ccccc2)cc1. The molecule has 5 heteroatoms. The first-order chi connectivity index (χ1) is 20.8. The quantitative estimate of drug-likeness (QED) is 0.212. The van der Waals surface area contributed by atoms with Crippen molar-refractivity contribution < 1.29 is 0 Å². The second-order valence-corrected chi connectivity index (χ2v) is 9.82. The van der Waals surface area contributed by atoms with Crippen molar-refractivity contribution in [2.45, 2.75) is 0 Å². The fourth-order valence-corrected chi connectivity index (χ4v) is 5.13. The number of pyridine rings is 2. The first kappa shape index (κ1) is 25.2. The molecular formula is C37H25N5. The van der Waals surface area contributed by atoms with Crippen LogP contribution < -0.4 is 0 Å². The summed E-state index contributed by atoms with van der Waals surface area (Å²) in [6.45, 7) is 0. The van der Waals surface area contributed by atoms with Crippen molar-refractivity contribution in [1.29, 1.82) is 0 Å². The van der Waals surface area contributed by atoms with E-state index < -0.39 is 0 Å². The van der Waals surface area contributed by atoms with Gasteiger partial charge in [-0.1, -0.05) is 97.1 Å². The smallest absolute Gasteiger partial charge is 0.164 e. The minimum Gasteiger partial charge on any atom is -0.265 e. The molecular weight excluding hydrogens is 514 g/mol. The van der Waals surface area contributed by atoms with Crippen LogP contribution in [0.1, 0.15) is 0 Å². The van der Waals surface area contributed by atoms with Gasteiger partial charge in [0.05, 0.1) is 0 Å². The molecule has 7 rings (SSSR count). The normalized spacial score (nSPS) is 10.9. The fraction of sp³-hybridized carbons (Fsp3) is 0. The average molecular weight is 540 g/mol. The summed E-state index contributed by atoms with van der Waals surface area (Å²) in [7, 11) is 0. The van der Waals surface area contributed by atoms with Crippen LogP contribution in [0, 0.1) is 0 Å². The van der Waals surface area contributed by atoms with Gasteiger partial charge in [0.15, 0.2) is 17.5 Å². The van der Waals surface area contributed by atoms with Gasteiger partial charge in [-0.25, -0.2) is 15.0 Å². The van der Waals surface area contributed by atoms with Gasteiger partial charge >= 0.3 is 0 Å². The highest BCUT2D eigenvalue weighted by molar-refractivity contribution is 5.93. The molecule has 0 saturated carbocycles. The van der Waals surface area contributed by atoms with Crippen molar-refractivity contribution in [2.24, 2.45) is 0 Å². The summed E-state index contributed by atoms with van der Waals surface area (Å²) >= 11 is 0. The van der Waals surface area contributed by atoms with Crippen LogP contribution in [-0.4, -0.2) is 24.9 Å². The van der Waals surface area contributed by atoms with Gasteiger partial charge in [-0.15, -0.1) is 0 Å². The molecule has 198 valence electrons. The summed E-state index contributed by atoms with van der Waals surface area (Å²) in [4.78, 5) is 23.0. The van der Waals surface area contributed by atoms with E-state index in [0.29, 0.717) is 17.5 Å². The maximum absolute atomic E-state index is 4.94. The highest BCUT2D eigenvalue weighted by atomic mass is 15.0. The van der Waals surface area contributed by atoms with Gasteiger partial charge in [-0.2, -0.15) is 0 Å². The van der Waals surface area contributed by atoms with Crippen LogP contribution in [0.3, 0.4) is 0 Å². The van der Waals surface area contributed by atoms with Crippen LogP contribution >= 0.6 is 0 Å². The molecule has 0 fully saturated rings. The lowest BCUT2D eigenvalue weighted by molar-refractivity contribution is 1.07. The zero-order valence-electron chi connectivity index (χ0n) is 22.7. The Morgan fingerprint density at radius 1 is 0.286 bits per heavy atom. The molecule has 0 aliphatic heterocycles. The zero-order valence-corrected chi connectivity index (χ0v) is 22.7. The predicted molar refractivity (Wildman–Crippen MR) is 168 cm³/mol. The number of aromatic nitrogens is 5. The summed E-state index contributed by atoms with van der Waals surface area (Å²) in [5.74, 6) is 1.78. The summed E-state index contributed by atoms with van der Waals surface area (Å²) in [5, 5.41) is 0. The van der Waals surface area contributed by atoms with E-state index >= 15 is 0 Å². The van der Waals surface area contributed by atoms with Crippen molar-refractivity contribution in [3.63, 3.8) is 0 Å². The first-order valence-corrected chi connectivity index (χ1v) is 13.7. The van der Waals surface area contributed by atoms with E-state index in [2.05, 4.69) is 101 Å². The molecule has 3 aromatic heterocycles. The first-order valence-electron chi connectivity index (χ1n) is 13.7. The molecule has 3 heterocycles. The number of hydrogen-bond donors (Lipinski definition) is 0. The molecule has 0 aliphatic rings. The van der Waals surface area contributed by atoms with Crippen LogP contribution in [0.5, 0.6) is 0 Å². The Morgan fingerprint density at radius 2 is 0.714 bits per heavy atom. The molecule has 0 amide bonds. The highest BCUT2D eigenvalue weighted by Crippen LogP contribution is 2.40. The summed E-state index contributed by atoms with van der Waals surface area (Å²) < 4.78 is 0. The second kappa shape index (κ2) is 11.4. The van der Waals surface area contributed by atoms with Crippen molar-refractivity contribution in [3.05, 3.63) is 152 Å². The minimum absolute atomic E-state index is 0.592. The van der Waals surface area contributed by atoms with Gasteiger partial charge in [-0.3, -0.25) is 9.97 Å². The van der Waals surface area contributed by atoms with Crippen LogP contribution in [0.2, 0.25) is 0 Å². The molecule has 42 heavy (non-hydrogen) atoms. The Balaban J connectivity index is 1.43. The van der Waals surface area contributed by atoms with Crippen molar-refractivity contribution in [2.75, 3.05) is 0 Å². The summed E-state index contributed by atoms with van der Waals surface area (Å²) in [6, 6.07) is 43.7. The Kier molecular flexibility index (Phi) is 6.81. The summed E-state index contributed by atoms with van der Waals surface area (Å²) in [6.07, 6.45) is 6.99. The van der Waals surface area contributed by atoms with E-state index in [-0.39, 0.29) is 0 Å². The largest absolute Gasteiger partial charge is 0.265 e. The molecule has 7 aromatic rings. The van der Waals surface area contributed by atoms with Gasteiger partial charge in [0.2, 0.25) is 0 Å². The molecule has 0 spiro atoms. The zero-order chi connectivity index (χ0) is 28.1. The van der Waals surface area contributed by atoms with Gasteiger partial charge in [0.1, 0.15) is 0 Å². The molecule has 0 unspecified atom stereocenters. The number of hydrogen-bond acceptors (Lipinski definition) is 5. The van der Waals surface area contributed by atoms with E-state index in [1.54, 1.807) is 24.8 Å². The minimum atomic E-state index is 0.592. The lowest BCUT2D eigenvalue weighted by Crippen LogP contribution is -2.00. The van der Waals surface area contributed by atoms with E-state index in [1.165, 1.54) is 16.7 Å². The molecule has 0 saturated heterocycles. The molecule has 0 radical (unpaired) electrons. The highest BCUT2D eigenvalue weighted by Gasteiger charge is 2.17. The molecule has 5 nitrogen and oxygen atoms in total. The third-order valence-electron chi connectivity index (χ3n) is 7.18. The molecule has 0 N–H and O–H groups in total. The van der Waals surface area contributed by atoms with Crippen molar-refractivity contribution in [1.82, 2.24) is 24.9 Å². The monoisotopic (exact) mass is 539 g/mol. The van der Waals surface area contributed by atoms with E-state index in [4.69, 9.17) is 15.0 Å². The number of nitrogens with zero attached hydrogens (tertiary/aromatic N) is 5. The lowest BCUT2D eigenvalue weighted by Gasteiger charge is -2.16. The van der Waals surface area contributed by atoms with Crippen LogP contribution in [0.4, 0.5) is 0 Å². The Bertz CT molecular complexity index is 1900. The van der Waals surface area contributed by atoms with Crippen LogP contribution in [0.15, 0.2) is 152 Å². The Morgan fingerprint density at radius 3 is 1.26 bits per heavy atom. The average Bonchev–Trinajstić information content (AvgIpc) is 3.09. The standard InChI is InChI=1S/C37H25N5/c1-3-9-26(10-4-1)31-13-7-8-14-32(31)33-16-15-30(25-34(33)27-11-5-2-6-12-27)37-41-35(28-17-21-38-22-18-28)40-36(42-37)29-19-23-39-24-20-29/h1-25H. The van der Waals surface area contributed by atoms with Crippen LogP contribution in [-0.2, 0) is 0 Å². The predicted octanol–water partition coefficient (Wildman–Crippen LogP) is 8.66. The van der Waals surface area contributed by atoms with Gasteiger partial charge in [-0.05, 0) is 63.7 Å². The fourth-order valence-electron chi connectivity index (χ4n) is 5.13. The Hall–Kier alpha value is -5.81. The maximum Gasteiger partial charge on any atom is 0.164 e. The maximum atomic E-state index is 4.94. The summed E-state index contributed by atoms with van der Waals surface area (Å²) in [5.41, 5.74) is 9.55. The molecule has 0 aliphatic carbocycles. The number of rotatable bonds is 6. The van der Waals surface area contributed by atoms with E-state index in [1.807, 2.05) is 36.4 Å². The third-order valence-corrected chi connectivity index (χ3v) is 7.18. The topological polar surface area (TPSA) is 64.5 Å². The number of benzene rings is 4. The van der Waals surface area contributed by atoms with Gasteiger partial charge in [0.25, 0.3) is 0 Å². The van der Waals surface area contributed by atoms with E-state index in [0.717, 1.165) is 33.4 Å². The van der Waals surface area contributed by atoms with Crippen molar-refractivity contribution in [3.8, 4) is 67.5 Å². The molecule has 4 aromatic carbocycles. The van der Waals surface area contributed by atoms with Gasteiger partial charge < -0.3 is 0 Å². The van der Waals surface area contributed by atoms with Crippen LogP contribution in [0.25, 0.3) is 67.5 Å². The molecule has 0 atom stereocenters. The lowest BCUT2D eigenvalue weighted by atomic mass is 9.88. The Labute approximate surface area is 244 Å². The van der Waals surface area contributed by atoms with Gasteiger partial charge in [0, 0.05) is 41.5 Å². The third kappa shape index (κ3) is 5.07. The van der Waals surface area contributed by atoms with E-state index in [9.17, 15) is 0 Å².